The number of carbonyl (C=O) groups excluding carboxylic acids is 2. The van der Waals surface area contributed by atoms with Crippen molar-refractivity contribution in [1.29, 1.82) is 0 Å². The number of anilines is 1. The Bertz CT molecular complexity index is 1050. The Morgan fingerprint density at radius 3 is 2.13 bits per heavy atom. The first-order valence-electron chi connectivity index (χ1n) is 9.25. The van der Waals surface area contributed by atoms with Crippen LogP contribution < -0.4 is 5.32 Å². The lowest BCUT2D eigenvalue weighted by atomic mass is 10.1. The van der Waals surface area contributed by atoms with Crippen LogP contribution in [0.5, 0.6) is 0 Å². The Morgan fingerprint density at radius 1 is 0.903 bits per heavy atom. The van der Waals surface area contributed by atoms with Crippen LogP contribution in [0.25, 0.3) is 0 Å². The molecule has 0 aliphatic rings. The van der Waals surface area contributed by atoms with Gasteiger partial charge in [0.1, 0.15) is 0 Å². The molecule has 160 valence electrons. The Labute approximate surface area is 199 Å². The van der Waals surface area contributed by atoms with E-state index in [1.54, 1.807) is 42.1 Å². The molecule has 31 heavy (non-hydrogen) atoms. The molecule has 0 saturated carbocycles. The van der Waals surface area contributed by atoms with E-state index in [0.717, 1.165) is 16.2 Å². The lowest BCUT2D eigenvalue weighted by Crippen LogP contribution is -2.30. The third-order valence-corrected chi connectivity index (χ3v) is 5.96. The Morgan fingerprint density at radius 2 is 1.52 bits per heavy atom. The van der Waals surface area contributed by atoms with Gasteiger partial charge in [0.25, 0.3) is 5.91 Å². The highest BCUT2D eigenvalue weighted by atomic mass is 35.5. The Balaban J connectivity index is 1.53. The minimum atomic E-state index is -0.995. The van der Waals surface area contributed by atoms with E-state index < -0.39 is 18.0 Å². The van der Waals surface area contributed by atoms with Crippen LogP contribution in [0.1, 0.15) is 22.8 Å². The van der Waals surface area contributed by atoms with Crippen molar-refractivity contribution in [2.45, 2.75) is 23.7 Å². The summed E-state index contributed by atoms with van der Waals surface area (Å²) in [6.07, 6.45) is -0.995. The van der Waals surface area contributed by atoms with Crippen LogP contribution >= 0.6 is 46.6 Å². The van der Waals surface area contributed by atoms with Gasteiger partial charge in [0.15, 0.2) is 6.10 Å². The van der Waals surface area contributed by atoms with Crippen LogP contribution in [0.2, 0.25) is 15.1 Å². The number of ether oxygens (including phenoxy) is 1. The minimum Gasteiger partial charge on any atom is -0.449 e. The van der Waals surface area contributed by atoms with Crippen LogP contribution in [0, 0.1) is 0 Å². The van der Waals surface area contributed by atoms with Crippen molar-refractivity contribution in [2.75, 3.05) is 5.32 Å². The molecule has 0 fully saturated rings. The zero-order valence-corrected chi connectivity index (χ0v) is 19.5. The second kappa shape index (κ2) is 10.9. The molecule has 1 N–H and O–H groups in total. The van der Waals surface area contributed by atoms with Crippen molar-refractivity contribution < 1.29 is 14.3 Å². The smallest absolute Gasteiger partial charge is 0.338 e. The van der Waals surface area contributed by atoms with Crippen molar-refractivity contribution in [2.24, 2.45) is 0 Å². The average molecular weight is 495 g/mol. The van der Waals surface area contributed by atoms with Gasteiger partial charge in [-0.15, -0.1) is 11.8 Å². The summed E-state index contributed by atoms with van der Waals surface area (Å²) in [6, 6.07) is 19.4. The van der Waals surface area contributed by atoms with E-state index in [4.69, 9.17) is 39.5 Å². The predicted octanol–water partition coefficient (Wildman–Crippen LogP) is 7.12. The van der Waals surface area contributed by atoms with Gasteiger partial charge in [-0.3, -0.25) is 4.79 Å². The molecule has 0 aliphatic carbocycles. The Kier molecular flexibility index (Phi) is 8.27. The molecule has 0 aromatic heterocycles. The summed E-state index contributed by atoms with van der Waals surface area (Å²) in [5, 5.41) is 4.11. The first-order valence-corrected chi connectivity index (χ1v) is 11.4. The molecule has 1 unspecified atom stereocenters. The van der Waals surface area contributed by atoms with Gasteiger partial charge >= 0.3 is 5.97 Å². The first kappa shape index (κ1) is 23.5. The van der Waals surface area contributed by atoms with E-state index in [2.05, 4.69) is 5.32 Å². The molecule has 4 nitrogen and oxygen atoms in total. The molecule has 1 amide bonds. The summed E-state index contributed by atoms with van der Waals surface area (Å²) >= 11 is 19.4. The van der Waals surface area contributed by atoms with Gasteiger partial charge in [-0.05, 0) is 67.1 Å². The summed E-state index contributed by atoms with van der Waals surface area (Å²) in [5.41, 5.74) is 1.85. The van der Waals surface area contributed by atoms with E-state index in [9.17, 15) is 9.59 Å². The Hall–Kier alpha value is -2.18. The van der Waals surface area contributed by atoms with E-state index in [0.29, 0.717) is 26.3 Å². The zero-order chi connectivity index (χ0) is 22.4. The molecule has 3 rings (SSSR count). The number of carbonyl (C=O) groups is 2. The molecule has 0 saturated heterocycles. The van der Waals surface area contributed by atoms with Gasteiger partial charge in [0.05, 0.1) is 5.56 Å². The maximum Gasteiger partial charge on any atom is 0.338 e. The van der Waals surface area contributed by atoms with Gasteiger partial charge in [0, 0.05) is 31.4 Å². The van der Waals surface area contributed by atoms with Crippen LogP contribution in [0.4, 0.5) is 5.69 Å². The molecular weight excluding hydrogens is 477 g/mol. The average Bonchev–Trinajstić information content (AvgIpc) is 2.73. The topological polar surface area (TPSA) is 55.4 Å². The summed E-state index contributed by atoms with van der Waals surface area (Å²) in [4.78, 5) is 25.8. The van der Waals surface area contributed by atoms with Gasteiger partial charge in [-0.2, -0.15) is 0 Å². The molecular formula is C23H18Cl3NO3S. The number of esters is 1. The fraction of sp³-hybridized carbons (Fsp3) is 0.130. The highest BCUT2D eigenvalue weighted by molar-refractivity contribution is 7.98. The number of nitrogens with one attached hydrogen (secondary N) is 1. The van der Waals surface area contributed by atoms with E-state index in [-0.39, 0.29) is 0 Å². The zero-order valence-electron chi connectivity index (χ0n) is 16.4. The lowest BCUT2D eigenvalue weighted by Gasteiger charge is -2.14. The standard InChI is InChI=1S/C23H18Cl3NO3S/c1-14(22(28)27-20-11-18(25)10-19(26)12-20)30-23(29)16-4-2-15(3-5-16)13-31-21-8-6-17(24)7-9-21/h2-12,14H,13H2,1H3,(H,27,28). The lowest BCUT2D eigenvalue weighted by molar-refractivity contribution is -0.123. The van der Waals surface area contributed by atoms with E-state index in [1.165, 1.54) is 6.92 Å². The largest absolute Gasteiger partial charge is 0.449 e. The van der Waals surface area contributed by atoms with Gasteiger partial charge in [-0.25, -0.2) is 4.79 Å². The summed E-state index contributed by atoms with van der Waals surface area (Å²) in [5.74, 6) is -0.316. The van der Waals surface area contributed by atoms with Crippen LogP contribution in [-0.2, 0) is 15.3 Å². The summed E-state index contributed by atoms with van der Waals surface area (Å²) in [7, 11) is 0. The molecule has 1 atom stereocenters. The molecule has 8 heteroatoms. The normalized spacial score (nSPS) is 11.6. The van der Waals surface area contributed by atoms with Crippen LogP contribution in [0.3, 0.4) is 0 Å². The molecule has 0 bridgehead atoms. The molecule has 0 spiro atoms. The van der Waals surface area contributed by atoms with Crippen molar-refractivity contribution in [3.63, 3.8) is 0 Å². The molecule has 0 radical (unpaired) electrons. The number of hydrogen-bond acceptors (Lipinski definition) is 4. The number of amides is 1. The predicted molar refractivity (Wildman–Crippen MR) is 127 cm³/mol. The van der Waals surface area contributed by atoms with Crippen molar-refractivity contribution in [3.05, 3.63) is 92.9 Å². The minimum absolute atomic E-state index is 0.366. The van der Waals surface area contributed by atoms with Crippen LogP contribution in [0.15, 0.2) is 71.6 Å². The van der Waals surface area contributed by atoms with Crippen molar-refractivity contribution >= 4 is 64.1 Å². The third kappa shape index (κ3) is 7.18. The number of thioether (sulfide) groups is 1. The second-order valence-electron chi connectivity index (χ2n) is 6.63. The SMILES string of the molecule is CC(OC(=O)c1ccc(CSc2ccc(Cl)cc2)cc1)C(=O)Nc1cc(Cl)cc(Cl)c1. The first-order chi connectivity index (χ1) is 14.8. The van der Waals surface area contributed by atoms with Crippen LogP contribution in [-0.4, -0.2) is 18.0 Å². The highest BCUT2D eigenvalue weighted by Gasteiger charge is 2.19. The third-order valence-electron chi connectivity index (χ3n) is 4.19. The number of rotatable bonds is 7. The van der Waals surface area contributed by atoms with Gasteiger partial charge in [0.2, 0.25) is 0 Å². The van der Waals surface area contributed by atoms with Crippen molar-refractivity contribution in [3.8, 4) is 0 Å². The summed E-state index contributed by atoms with van der Waals surface area (Å²) < 4.78 is 5.28. The number of halogens is 3. The molecule has 0 heterocycles. The molecule has 3 aromatic rings. The van der Waals surface area contributed by atoms with E-state index in [1.807, 2.05) is 36.4 Å². The van der Waals surface area contributed by atoms with E-state index >= 15 is 0 Å². The van der Waals surface area contributed by atoms with Gasteiger partial charge < -0.3 is 10.1 Å². The maximum absolute atomic E-state index is 12.4. The fourth-order valence-electron chi connectivity index (χ4n) is 2.59. The number of benzene rings is 3. The quantitative estimate of drug-likeness (QED) is 0.280. The molecule has 0 aliphatic heterocycles. The highest BCUT2D eigenvalue weighted by Crippen LogP contribution is 2.25. The fourth-order valence-corrected chi connectivity index (χ4v) is 4.09. The maximum atomic E-state index is 12.4. The monoisotopic (exact) mass is 493 g/mol. The summed E-state index contributed by atoms with van der Waals surface area (Å²) in [6.45, 7) is 1.50. The van der Waals surface area contributed by atoms with Crippen molar-refractivity contribution in [1.82, 2.24) is 0 Å². The second-order valence-corrected chi connectivity index (χ2v) is 8.99. The molecule has 3 aromatic carbocycles. The van der Waals surface area contributed by atoms with Gasteiger partial charge in [-0.1, -0.05) is 46.9 Å². The number of hydrogen-bond donors (Lipinski definition) is 1.